The molecular formula is C12H19NO2. The smallest absolute Gasteiger partial charge is 0.105 e. The molecule has 1 aromatic heterocycles. The van der Waals surface area contributed by atoms with E-state index in [0.29, 0.717) is 12.1 Å². The van der Waals surface area contributed by atoms with Crippen LogP contribution in [0.15, 0.2) is 22.8 Å². The number of hydrogen-bond donors (Lipinski definition) is 1. The van der Waals surface area contributed by atoms with Crippen molar-refractivity contribution in [1.82, 2.24) is 5.32 Å². The van der Waals surface area contributed by atoms with Crippen LogP contribution in [0.5, 0.6) is 0 Å². The van der Waals surface area contributed by atoms with Gasteiger partial charge >= 0.3 is 0 Å². The summed E-state index contributed by atoms with van der Waals surface area (Å²) in [7, 11) is 0. The van der Waals surface area contributed by atoms with Crippen molar-refractivity contribution in [3.05, 3.63) is 24.2 Å². The summed E-state index contributed by atoms with van der Waals surface area (Å²) in [6.45, 7) is 3.96. The molecule has 2 atom stereocenters. The van der Waals surface area contributed by atoms with E-state index in [-0.39, 0.29) is 0 Å². The maximum absolute atomic E-state index is 5.43. The van der Waals surface area contributed by atoms with E-state index >= 15 is 0 Å². The van der Waals surface area contributed by atoms with Crippen molar-refractivity contribution in [2.24, 2.45) is 0 Å². The molecule has 3 nitrogen and oxygen atoms in total. The summed E-state index contributed by atoms with van der Waals surface area (Å²) >= 11 is 0. The fourth-order valence-corrected chi connectivity index (χ4v) is 2.06. The number of rotatable bonds is 4. The molecule has 0 saturated carbocycles. The van der Waals surface area contributed by atoms with Crippen molar-refractivity contribution in [3.63, 3.8) is 0 Å². The minimum atomic E-state index is 0.447. The Morgan fingerprint density at radius 2 is 2.53 bits per heavy atom. The van der Waals surface area contributed by atoms with Crippen LogP contribution in [-0.4, -0.2) is 25.3 Å². The van der Waals surface area contributed by atoms with Crippen LogP contribution in [-0.2, 0) is 11.2 Å². The molecule has 1 aromatic rings. The van der Waals surface area contributed by atoms with E-state index in [4.69, 9.17) is 9.15 Å². The molecular weight excluding hydrogens is 190 g/mol. The van der Waals surface area contributed by atoms with Gasteiger partial charge in [0.25, 0.3) is 0 Å². The second-order valence-corrected chi connectivity index (χ2v) is 4.27. The highest BCUT2D eigenvalue weighted by atomic mass is 16.5. The molecule has 0 bridgehead atoms. The minimum Gasteiger partial charge on any atom is -0.469 e. The van der Waals surface area contributed by atoms with Crippen molar-refractivity contribution < 1.29 is 9.15 Å². The van der Waals surface area contributed by atoms with Crippen molar-refractivity contribution in [2.75, 3.05) is 13.2 Å². The van der Waals surface area contributed by atoms with E-state index in [1.807, 2.05) is 12.1 Å². The Bertz CT molecular complexity index is 265. The normalized spacial score (nSPS) is 23.9. The fourth-order valence-electron chi connectivity index (χ4n) is 2.06. The lowest BCUT2D eigenvalue weighted by molar-refractivity contribution is 0.0669. The Labute approximate surface area is 90.8 Å². The maximum Gasteiger partial charge on any atom is 0.105 e. The summed E-state index contributed by atoms with van der Waals surface area (Å²) in [5.74, 6) is 1.05. The van der Waals surface area contributed by atoms with Gasteiger partial charge in [0, 0.05) is 25.1 Å². The van der Waals surface area contributed by atoms with Crippen molar-refractivity contribution >= 4 is 0 Å². The van der Waals surface area contributed by atoms with E-state index < -0.39 is 0 Å². The number of nitrogens with one attached hydrogen (secondary N) is 1. The Morgan fingerprint density at radius 3 is 3.20 bits per heavy atom. The van der Waals surface area contributed by atoms with Crippen LogP contribution in [0.25, 0.3) is 0 Å². The molecule has 1 aliphatic rings. The Hall–Kier alpha value is -0.800. The summed E-state index contributed by atoms with van der Waals surface area (Å²) in [6.07, 6.45) is 5.07. The molecule has 2 heterocycles. The number of hydrogen-bond acceptors (Lipinski definition) is 3. The highest BCUT2D eigenvalue weighted by Crippen LogP contribution is 2.09. The summed E-state index contributed by atoms with van der Waals surface area (Å²) in [6, 6.07) is 4.92. The second-order valence-electron chi connectivity index (χ2n) is 4.27. The lowest BCUT2D eigenvalue weighted by Crippen LogP contribution is -2.42. The van der Waals surface area contributed by atoms with E-state index in [1.54, 1.807) is 6.26 Å². The lowest BCUT2D eigenvalue weighted by Gasteiger charge is -2.26. The van der Waals surface area contributed by atoms with Crippen LogP contribution >= 0.6 is 0 Å². The molecule has 0 aromatic carbocycles. The highest BCUT2D eigenvalue weighted by molar-refractivity contribution is 5.00. The zero-order chi connectivity index (χ0) is 10.5. The Balaban J connectivity index is 1.74. The molecule has 2 unspecified atom stereocenters. The van der Waals surface area contributed by atoms with Crippen LogP contribution in [0.2, 0.25) is 0 Å². The Kier molecular flexibility index (Phi) is 3.80. The van der Waals surface area contributed by atoms with Crippen LogP contribution in [0.3, 0.4) is 0 Å². The third kappa shape index (κ3) is 3.36. The molecule has 3 heteroatoms. The molecule has 0 aliphatic carbocycles. The molecule has 0 amide bonds. The molecule has 84 valence electrons. The second kappa shape index (κ2) is 5.33. The predicted molar refractivity (Wildman–Crippen MR) is 58.9 cm³/mol. The van der Waals surface area contributed by atoms with E-state index in [0.717, 1.165) is 25.4 Å². The van der Waals surface area contributed by atoms with E-state index in [1.165, 1.54) is 12.8 Å². The average molecular weight is 209 g/mol. The standard InChI is InChI=1S/C12H19NO2/c1-10(8-12-5-3-7-15-12)13-11-4-2-6-14-9-11/h3,5,7,10-11,13H,2,4,6,8-9H2,1H3. The topological polar surface area (TPSA) is 34.4 Å². The van der Waals surface area contributed by atoms with Gasteiger partial charge in [-0.25, -0.2) is 0 Å². The van der Waals surface area contributed by atoms with Crippen molar-refractivity contribution in [1.29, 1.82) is 0 Å². The third-order valence-corrected chi connectivity index (χ3v) is 2.77. The molecule has 2 rings (SSSR count). The van der Waals surface area contributed by atoms with Gasteiger partial charge in [0.05, 0.1) is 12.9 Å². The molecule has 1 N–H and O–H groups in total. The summed E-state index contributed by atoms with van der Waals surface area (Å²) in [4.78, 5) is 0. The highest BCUT2D eigenvalue weighted by Gasteiger charge is 2.16. The average Bonchev–Trinajstić information content (AvgIpc) is 2.71. The van der Waals surface area contributed by atoms with Gasteiger partial charge in [-0.1, -0.05) is 0 Å². The van der Waals surface area contributed by atoms with E-state index in [9.17, 15) is 0 Å². The summed E-state index contributed by atoms with van der Waals surface area (Å²) < 4.78 is 10.8. The first-order valence-electron chi connectivity index (χ1n) is 5.71. The molecule has 1 saturated heterocycles. The fraction of sp³-hybridized carbons (Fsp3) is 0.667. The molecule has 1 aliphatic heterocycles. The zero-order valence-electron chi connectivity index (χ0n) is 9.24. The van der Waals surface area contributed by atoms with Crippen LogP contribution in [0, 0.1) is 0 Å². The van der Waals surface area contributed by atoms with Crippen LogP contribution < -0.4 is 5.32 Å². The van der Waals surface area contributed by atoms with Gasteiger partial charge in [0.15, 0.2) is 0 Å². The monoisotopic (exact) mass is 209 g/mol. The van der Waals surface area contributed by atoms with Crippen LogP contribution in [0.1, 0.15) is 25.5 Å². The number of ether oxygens (including phenoxy) is 1. The summed E-state index contributed by atoms with van der Waals surface area (Å²) in [5.41, 5.74) is 0. The van der Waals surface area contributed by atoms with Gasteiger partial charge in [-0.2, -0.15) is 0 Å². The number of furan rings is 1. The molecule has 0 radical (unpaired) electrons. The zero-order valence-corrected chi connectivity index (χ0v) is 9.24. The molecule has 15 heavy (non-hydrogen) atoms. The maximum atomic E-state index is 5.43. The van der Waals surface area contributed by atoms with Gasteiger partial charge in [-0.05, 0) is 31.9 Å². The van der Waals surface area contributed by atoms with Gasteiger partial charge in [-0.3, -0.25) is 0 Å². The first kappa shape index (κ1) is 10.7. The minimum absolute atomic E-state index is 0.447. The van der Waals surface area contributed by atoms with Gasteiger partial charge in [0.1, 0.15) is 5.76 Å². The van der Waals surface area contributed by atoms with Crippen LogP contribution in [0.4, 0.5) is 0 Å². The molecule has 0 spiro atoms. The SMILES string of the molecule is CC(Cc1ccco1)NC1CCCOC1. The van der Waals surface area contributed by atoms with Gasteiger partial charge < -0.3 is 14.5 Å². The largest absolute Gasteiger partial charge is 0.469 e. The van der Waals surface area contributed by atoms with Gasteiger partial charge in [-0.15, -0.1) is 0 Å². The molecule has 1 fully saturated rings. The van der Waals surface area contributed by atoms with Crippen molar-refractivity contribution in [2.45, 2.75) is 38.3 Å². The van der Waals surface area contributed by atoms with Crippen molar-refractivity contribution in [3.8, 4) is 0 Å². The summed E-state index contributed by atoms with van der Waals surface area (Å²) in [5, 5.41) is 3.57. The van der Waals surface area contributed by atoms with Gasteiger partial charge in [0.2, 0.25) is 0 Å². The quantitative estimate of drug-likeness (QED) is 0.823. The first-order valence-corrected chi connectivity index (χ1v) is 5.71. The first-order chi connectivity index (χ1) is 7.34. The Morgan fingerprint density at radius 1 is 1.60 bits per heavy atom. The predicted octanol–water partition coefficient (Wildman–Crippen LogP) is 1.98. The van der Waals surface area contributed by atoms with E-state index in [2.05, 4.69) is 12.2 Å². The lowest BCUT2D eigenvalue weighted by atomic mass is 10.1. The third-order valence-electron chi connectivity index (χ3n) is 2.77.